The van der Waals surface area contributed by atoms with Gasteiger partial charge in [0.05, 0.1) is 11.3 Å². The van der Waals surface area contributed by atoms with Crippen LogP contribution in [0.1, 0.15) is 61.0 Å². The third-order valence-electron chi connectivity index (χ3n) is 3.88. The third kappa shape index (κ3) is 3.79. The van der Waals surface area contributed by atoms with Crippen molar-refractivity contribution in [1.29, 1.82) is 0 Å². The van der Waals surface area contributed by atoms with Gasteiger partial charge >= 0.3 is 5.97 Å². The Labute approximate surface area is 142 Å². The lowest BCUT2D eigenvalue weighted by Crippen LogP contribution is -2.02. The molecule has 126 valence electrons. The molecule has 5 heteroatoms. The Morgan fingerprint density at radius 3 is 2.04 bits per heavy atom. The number of benzene rings is 2. The summed E-state index contributed by atoms with van der Waals surface area (Å²) in [6.07, 6.45) is 0. The molecule has 0 unspecified atom stereocenters. The maximum atomic E-state index is 11.2. The fourth-order valence-corrected chi connectivity index (χ4v) is 2.55. The van der Waals surface area contributed by atoms with Gasteiger partial charge in [-0.1, -0.05) is 39.8 Å². The lowest BCUT2D eigenvalue weighted by atomic mass is 9.92. The normalized spacial score (nSPS) is 11.6. The number of carboxylic acid groups (broad SMARTS) is 1. The van der Waals surface area contributed by atoms with E-state index in [4.69, 9.17) is 5.73 Å². The average Bonchev–Trinajstić information content (AvgIpc) is 2.53. The van der Waals surface area contributed by atoms with Gasteiger partial charge in [-0.25, -0.2) is 4.79 Å². The van der Waals surface area contributed by atoms with Crippen molar-refractivity contribution < 1.29 is 9.90 Å². The molecular formula is C19H23N3O2. The minimum atomic E-state index is -1.02. The molecule has 0 heterocycles. The molecular weight excluding hydrogens is 302 g/mol. The number of rotatable bonds is 5. The predicted octanol–water partition coefficient (Wildman–Crippen LogP) is 5.63. The van der Waals surface area contributed by atoms with E-state index in [-0.39, 0.29) is 17.4 Å². The van der Waals surface area contributed by atoms with Crippen LogP contribution in [0.15, 0.2) is 46.6 Å². The van der Waals surface area contributed by atoms with Crippen molar-refractivity contribution in [2.75, 3.05) is 5.73 Å². The van der Waals surface area contributed by atoms with Crippen molar-refractivity contribution >= 4 is 23.0 Å². The number of carboxylic acids is 1. The fourth-order valence-electron chi connectivity index (χ4n) is 2.55. The molecule has 0 saturated carbocycles. The zero-order chi connectivity index (χ0) is 17.9. The van der Waals surface area contributed by atoms with Gasteiger partial charge in [0.2, 0.25) is 0 Å². The minimum Gasteiger partial charge on any atom is -0.478 e. The van der Waals surface area contributed by atoms with Gasteiger partial charge in [0.25, 0.3) is 0 Å². The number of hydrogen-bond donors (Lipinski definition) is 2. The second-order valence-electron chi connectivity index (χ2n) is 6.37. The monoisotopic (exact) mass is 325 g/mol. The lowest BCUT2D eigenvalue weighted by Gasteiger charge is -2.17. The zero-order valence-electron chi connectivity index (χ0n) is 14.4. The molecule has 0 aromatic heterocycles. The smallest absolute Gasteiger partial charge is 0.337 e. The van der Waals surface area contributed by atoms with Gasteiger partial charge in [0, 0.05) is 5.69 Å². The second-order valence-corrected chi connectivity index (χ2v) is 6.37. The van der Waals surface area contributed by atoms with Crippen molar-refractivity contribution in [2.24, 2.45) is 10.2 Å². The molecule has 3 N–H and O–H groups in total. The molecule has 0 atom stereocenters. The quantitative estimate of drug-likeness (QED) is 0.551. The Bertz CT molecular complexity index is 751. The molecule has 2 aromatic rings. The van der Waals surface area contributed by atoms with E-state index in [0.29, 0.717) is 11.4 Å². The van der Waals surface area contributed by atoms with Crippen LogP contribution in [0.4, 0.5) is 17.1 Å². The molecule has 0 aliphatic rings. The molecule has 0 saturated heterocycles. The predicted molar refractivity (Wildman–Crippen MR) is 96.6 cm³/mol. The molecule has 2 aromatic carbocycles. The van der Waals surface area contributed by atoms with Crippen LogP contribution in [-0.2, 0) is 0 Å². The van der Waals surface area contributed by atoms with Crippen molar-refractivity contribution in [3.63, 3.8) is 0 Å². The molecule has 2 rings (SSSR count). The zero-order valence-corrected chi connectivity index (χ0v) is 14.4. The highest BCUT2D eigenvalue weighted by atomic mass is 16.4. The maximum Gasteiger partial charge on any atom is 0.337 e. The first kappa shape index (κ1) is 17.7. The van der Waals surface area contributed by atoms with E-state index in [2.05, 4.69) is 37.9 Å². The summed E-state index contributed by atoms with van der Waals surface area (Å²) >= 11 is 0. The Balaban J connectivity index is 2.48. The van der Waals surface area contributed by atoms with E-state index in [0.717, 1.165) is 16.8 Å². The highest BCUT2D eigenvalue weighted by Crippen LogP contribution is 2.35. The van der Waals surface area contributed by atoms with Crippen LogP contribution in [0, 0.1) is 0 Å². The summed E-state index contributed by atoms with van der Waals surface area (Å²) in [5.74, 6) is -0.486. The van der Waals surface area contributed by atoms with Gasteiger partial charge in [0.15, 0.2) is 0 Å². The molecule has 0 radical (unpaired) electrons. The van der Waals surface area contributed by atoms with Gasteiger partial charge < -0.3 is 10.8 Å². The molecule has 0 amide bonds. The van der Waals surface area contributed by atoms with Gasteiger partial charge in [-0.3, -0.25) is 0 Å². The van der Waals surface area contributed by atoms with Gasteiger partial charge in [-0.15, -0.1) is 5.11 Å². The average molecular weight is 325 g/mol. The summed E-state index contributed by atoms with van der Waals surface area (Å²) < 4.78 is 0. The molecule has 0 fully saturated rings. The lowest BCUT2D eigenvalue weighted by molar-refractivity contribution is 0.0697. The topological polar surface area (TPSA) is 88.0 Å². The number of nitrogens with zero attached hydrogens (tertiary/aromatic N) is 2. The SMILES string of the molecule is CC(C)c1cc(N=Nc2ccccc2C(=O)O)cc(C(C)C)c1N. The van der Waals surface area contributed by atoms with E-state index < -0.39 is 5.97 Å². The van der Waals surface area contributed by atoms with Crippen LogP contribution in [-0.4, -0.2) is 11.1 Å². The largest absolute Gasteiger partial charge is 0.478 e. The number of aromatic carboxylic acids is 1. The van der Waals surface area contributed by atoms with E-state index in [1.54, 1.807) is 18.2 Å². The number of nitrogen functional groups attached to an aromatic ring is 1. The van der Waals surface area contributed by atoms with Gasteiger partial charge in [-0.2, -0.15) is 5.11 Å². The summed E-state index contributed by atoms with van der Waals surface area (Å²) in [7, 11) is 0. The van der Waals surface area contributed by atoms with Gasteiger partial charge in [-0.05, 0) is 47.2 Å². The van der Waals surface area contributed by atoms with Crippen molar-refractivity contribution in [3.05, 3.63) is 53.1 Å². The fraction of sp³-hybridized carbons (Fsp3) is 0.316. The minimum absolute atomic E-state index is 0.130. The molecule has 0 bridgehead atoms. The van der Waals surface area contributed by atoms with Crippen molar-refractivity contribution in [1.82, 2.24) is 0 Å². The highest BCUT2D eigenvalue weighted by Gasteiger charge is 2.14. The number of anilines is 1. The summed E-state index contributed by atoms with van der Waals surface area (Å²) in [5.41, 5.74) is 10.3. The Kier molecular flexibility index (Phi) is 5.34. The maximum absolute atomic E-state index is 11.2. The van der Waals surface area contributed by atoms with E-state index >= 15 is 0 Å². The molecule has 24 heavy (non-hydrogen) atoms. The summed E-state index contributed by atoms with van der Waals surface area (Å²) in [6.45, 7) is 8.32. The van der Waals surface area contributed by atoms with Crippen LogP contribution in [0.2, 0.25) is 0 Å². The Morgan fingerprint density at radius 2 is 1.54 bits per heavy atom. The summed E-state index contributed by atoms with van der Waals surface area (Å²) in [4.78, 5) is 11.2. The third-order valence-corrected chi connectivity index (χ3v) is 3.88. The Hall–Kier alpha value is -2.69. The second kappa shape index (κ2) is 7.25. The van der Waals surface area contributed by atoms with Crippen LogP contribution in [0.25, 0.3) is 0 Å². The molecule has 5 nitrogen and oxygen atoms in total. The first-order valence-corrected chi connectivity index (χ1v) is 7.98. The number of carbonyl (C=O) groups is 1. The summed E-state index contributed by atoms with van der Waals surface area (Å²) in [5, 5.41) is 17.6. The van der Waals surface area contributed by atoms with Crippen molar-refractivity contribution in [2.45, 2.75) is 39.5 Å². The Morgan fingerprint density at radius 1 is 1.00 bits per heavy atom. The molecule has 0 spiro atoms. The summed E-state index contributed by atoms with van der Waals surface area (Å²) in [6, 6.07) is 10.4. The van der Waals surface area contributed by atoms with Crippen LogP contribution in [0.5, 0.6) is 0 Å². The van der Waals surface area contributed by atoms with E-state index in [9.17, 15) is 9.90 Å². The van der Waals surface area contributed by atoms with Gasteiger partial charge in [0.1, 0.15) is 5.69 Å². The number of azo groups is 1. The van der Waals surface area contributed by atoms with Crippen LogP contribution < -0.4 is 5.73 Å². The highest BCUT2D eigenvalue weighted by molar-refractivity contribution is 5.93. The van der Waals surface area contributed by atoms with E-state index in [1.165, 1.54) is 6.07 Å². The molecule has 0 aliphatic heterocycles. The number of hydrogen-bond acceptors (Lipinski definition) is 4. The standard InChI is InChI=1S/C19H23N3O2/c1-11(2)15-9-13(10-16(12(3)4)18(15)20)21-22-17-8-6-5-7-14(17)19(23)24/h5-12H,20H2,1-4H3,(H,23,24). The first-order chi connectivity index (χ1) is 11.3. The number of nitrogens with two attached hydrogens (primary N) is 1. The van der Waals surface area contributed by atoms with Crippen LogP contribution in [0.3, 0.4) is 0 Å². The van der Waals surface area contributed by atoms with Crippen LogP contribution >= 0.6 is 0 Å². The first-order valence-electron chi connectivity index (χ1n) is 7.98. The molecule has 0 aliphatic carbocycles. The van der Waals surface area contributed by atoms with Crippen molar-refractivity contribution in [3.8, 4) is 0 Å². The van der Waals surface area contributed by atoms with E-state index in [1.807, 2.05) is 12.1 Å².